The van der Waals surface area contributed by atoms with Crippen LogP contribution in [-0.4, -0.2) is 16.7 Å². The summed E-state index contributed by atoms with van der Waals surface area (Å²) >= 11 is 0. The molecule has 0 fully saturated rings. The SMILES string of the molecule is CCC(CO)C(N)c1ccc2oc(C)nc2c1. The lowest BCUT2D eigenvalue weighted by molar-refractivity contribution is 0.201. The Labute approximate surface area is 100 Å². The number of nitrogens with zero attached hydrogens (tertiary/aromatic N) is 1. The number of fused-ring (bicyclic) bond motifs is 1. The first-order valence-corrected chi connectivity index (χ1v) is 5.89. The Morgan fingerprint density at radius 3 is 2.88 bits per heavy atom. The molecule has 17 heavy (non-hydrogen) atoms. The summed E-state index contributed by atoms with van der Waals surface area (Å²) < 4.78 is 5.41. The molecule has 0 radical (unpaired) electrons. The second-order valence-electron chi connectivity index (χ2n) is 4.34. The van der Waals surface area contributed by atoms with Crippen LogP contribution in [0.25, 0.3) is 11.1 Å². The molecule has 2 rings (SSSR count). The number of aliphatic hydroxyl groups is 1. The van der Waals surface area contributed by atoms with Crippen molar-refractivity contribution < 1.29 is 9.52 Å². The van der Waals surface area contributed by atoms with Gasteiger partial charge in [-0.25, -0.2) is 4.98 Å². The Kier molecular flexibility index (Phi) is 3.45. The average molecular weight is 234 g/mol. The largest absolute Gasteiger partial charge is 0.441 e. The molecule has 3 N–H and O–H groups in total. The van der Waals surface area contributed by atoms with E-state index in [9.17, 15) is 5.11 Å². The first-order chi connectivity index (χ1) is 8.15. The van der Waals surface area contributed by atoms with Gasteiger partial charge in [-0.05, 0) is 24.1 Å². The molecule has 0 saturated carbocycles. The van der Waals surface area contributed by atoms with E-state index in [-0.39, 0.29) is 18.6 Å². The zero-order valence-corrected chi connectivity index (χ0v) is 10.2. The van der Waals surface area contributed by atoms with Gasteiger partial charge in [0, 0.05) is 25.5 Å². The highest BCUT2D eigenvalue weighted by Gasteiger charge is 2.17. The first kappa shape index (κ1) is 12.1. The van der Waals surface area contributed by atoms with Gasteiger partial charge in [0.15, 0.2) is 11.5 Å². The number of aliphatic hydroxyl groups excluding tert-OH is 1. The van der Waals surface area contributed by atoms with Gasteiger partial charge in [0.1, 0.15) is 5.52 Å². The third kappa shape index (κ3) is 2.33. The molecule has 4 heteroatoms. The standard InChI is InChI=1S/C13H18N2O2/c1-3-9(7-16)13(14)10-4-5-12-11(6-10)15-8(2)17-12/h4-6,9,13,16H,3,7,14H2,1-2H3. The second kappa shape index (κ2) is 4.85. The van der Waals surface area contributed by atoms with Crippen molar-refractivity contribution in [2.24, 2.45) is 11.7 Å². The highest BCUT2D eigenvalue weighted by atomic mass is 16.3. The molecule has 0 amide bonds. The van der Waals surface area contributed by atoms with E-state index < -0.39 is 0 Å². The number of aromatic nitrogens is 1. The van der Waals surface area contributed by atoms with Crippen LogP contribution in [0.5, 0.6) is 0 Å². The summed E-state index contributed by atoms with van der Waals surface area (Å²) in [6.07, 6.45) is 0.855. The van der Waals surface area contributed by atoms with Crippen molar-refractivity contribution in [3.05, 3.63) is 29.7 Å². The molecule has 1 aromatic heterocycles. The molecule has 92 valence electrons. The molecular weight excluding hydrogens is 216 g/mol. The summed E-state index contributed by atoms with van der Waals surface area (Å²) in [6, 6.07) is 5.60. The summed E-state index contributed by atoms with van der Waals surface area (Å²) in [4.78, 5) is 4.28. The maximum Gasteiger partial charge on any atom is 0.192 e. The number of oxazole rings is 1. The number of hydrogen-bond acceptors (Lipinski definition) is 4. The Hall–Kier alpha value is -1.39. The molecule has 0 aliphatic carbocycles. The highest BCUT2D eigenvalue weighted by molar-refractivity contribution is 5.73. The van der Waals surface area contributed by atoms with Crippen molar-refractivity contribution in [2.75, 3.05) is 6.61 Å². The number of nitrogens with two attached hydrogens (primary N) is 1. The van der Waals surface area contributed by atoms with Crippen molar-refractivity contribution in [1.29, 1.82) is 0 Å². The summed E-state index contributed by atoms with van der Waals surface area (Å²) in [7, 11) is 0. The van der Waals surface area contributed by atoms with Crippen LogP contribution in [0.1, 0.15) is 30.8 Å². The predicted molar refractivity (Wildman–Crippen MR) is 66.5 cm³/mol. The third-order valence-electron chi connectivity index (χ3n) is 3.17. The van der Waals surface area contributed by atoms with Crippen molar-refractivity contribution in [1.82, 2.24) is 4.98 Å². The van der Waals surface area contributed by atoms with Gasteiger partial charge in [0.05, 0.1) is 0 Å². The highest BCUT2D eigenvalue weighted by Crippen LogP contribution is 2.25. The van der Waals surface area contributed by atoms with Gasteiger partial charge in [-0.3, -0.25) is 0 Å². The Morgan fingerprint density at radius 2 is 2.24 bits per heavy atom. The number of benzene rings is 1. The Morgan fingerprint density at radius 1 is 1.47 bits per heavy atom. The van der Waals surface area contributed by atoms with Crippen molar-refractivity contribution in [3.8, 4) is 0 Å². The maximum absolute atomic E-state index is 9.26. The molecule has 0 spiro atoms. The topological polar surface area (TPSA) is 72.3 Å². The van der Waals surface area contributed by atoms with Crippen molar-refractivity contribution in [3.63, 3.8) is 0 Å². The smallest absolute Gasteiger partial charge is 0.192 e. The lowest BCUT2D eigenvalue weighted by atomic mass is 9.92. The summed E-state index contributed by atoms with van der Waals surface area (Å²) in [5.74, 6) is 0.736. The number of rotatable bonds is 4. The van der Waals surface area contributed by atoms with Gasteiger partial charge in [-0.1, -0.05) is 13.0 Å². The zero-order valence-electron chi connectivity index (χ0n) is 10.2. The van der Waals surface area contributed by atoms with E-state index in [2.05, 4.69) is 4.98 Å². The van der Waals surface area contributed by atoms with Crippen molar-refractivity contribution >= 4 is 11.1 Å². The summed E-state index contributed by atoms with van der Waals surface area (Å²) in [5.41, 5.74) is 8.73. The Balaban J connectivity index is 2.34. The Bertz CT molecular complexity index is 503. The molecule has 2 atom stereocenters. The van der Waals surface area contributed by atoms with Crippen LogP contribution in [-0.2, 0) is 0 Å². The van der Waals surface area contributed by atoms with Gasteiger partial charge in [-0.15, -0.1) is 0 Å². The predicted octanol–water partition coefficient (Wildman–Crippen LogP) is 2.15. The minimum atomic E-state index is -0.161. The molecular formula is C13H18N2O2. The normalized spacial score (nSPS) is 15.1. The molecule has 2 unspecified atom stereocenters. The second-order valence-corrected chi connectivity index (χ2v) is 4.34. The van der Waals surface area contributed by atoms with Crippen LogP contribution in [0.3, 0.4) is 0 Å². The van der Waals surface area contributed by atoms with E-state index in [1.807, 2.05) is 32.0 Å². The van der Waals surface area contributed by atoms with Crippen LogP contribution in [0.15, 0.2) is 22.6 Å². The first-order valence-electron chi connectivity index (χ1n) is 5.89. The van der Waals surface area contributed by atoms with E-state index in [4.69, 9.17) is 10.2 Å². The van der Waals surface area contributed by atoms with Crippen LogP contribution >= 0.6 is 0 Å². The maximum atomic E-state index is 9.26. The summed E-state index contributed by atoms with van der Waals surface area (Å²) in [5, 5.41) is 9.26. The van der Waals surface area contributed by atoms with Gasteiger partial charge in [0.25, 0.3) is 0 Å². The van der Waals surface area contributed by atoms with Crippen LogP contribution in [0, 0.1) is 12.8 Å². The molecule has 0 aliphatic rings. The molecule has 4 nitrogen and oxygen atoms in total. The average Bonchev–Trinajstić information content (AvgIpc) is 2.69. The fourth-order valence-corrected chi connectivity index (χ4v) is 2.04. The van der Waals surface area contributed by atoms with Crippen LogP contribution < -0.4 is 5.73 Å². The lowest BCUT2D eigenvalue weighted by Crippen LogP contribution is -2.23. The van der Waals surface area contributed by atoms with E-state index in [0.717, 1.165) is 23.1 Å². The van der Waals surface area contributed by atoms with Crippen molar-refractivity contribution in [2.45, 2.75) is 26.3 Å². The zero-order chi connectivity index (χ0) is 12.4. The molecule has 1 heterocycles. The van der Waals surface area contributed by atoms with E-state index >= 15 is 0 Å². The van der Waals surface area contributed by atoms with Gasteiger partial charge in [-0.2, -0.15) is 0 Å². The number of hydrogen-bond donors (Lipinski definition) is 2. The molecule has 0 bridgehead atoms. The molecule has 0 aliphatic heterocycles. The molecule has 1 aromatic carbocycles. The van der Waals surface area contributed by atoms with E-state index in [1.54, 1.807) is 0 Å². The quantitative estimate of drug-likeness (QED) is 0.850. The molecule has 0 saturated heterocycles. The monoisotopic (exact) mass is 234 g/mol. The lowest BCUT2D eigenvalue weighted by Gasteiger charge is -2.20. The minimum Gasteiger partial charge on any atom is -0.441 e. The fraction of sp³-hybridized carbons (Fsp3) is 0.462. The summed E-state index contributed by atoms with van der Waals surface area (Å²) in [6.45, 7) is 3.95. The number of aryl methyl sites for hydroxylation is 1. The van der Waals surface area contributed by atoms with Crippen LogP contribution in [0.4, 0.5) is 0 Å². The van der Waals surface area contributed by atoms with Crippen LogP contribution in [0.2, 0.25) is 0 Å². The van der Waals surface area contributed by atoms with Gasteiger partial charge >= 0.3 is 0 Å². The molecule has 2 aromatic rings. The third-order valence-corrected chi connectivity index (χ3v) is 3.17. The minimum absolute atomic E-state index is 0.0837. The van der Waals surface area contributed by atoms with Gasteiger partial charge in [0.2, 0.25) is 0 Å². The van der Waals surface area contributed by atoms with Gasteiger partial charge < -0.3 is 15.3 Å². The fourth-order valence-electron chi connectivity index (χ4n) is 2.04. The van der Waals surface area contributed by atoms with E-state index in [0.29, 0.717) is 5.89 Å². The van der Waals surface area contributed by atoms with E-state index in [1.165, 1.54) is 0 Å².